The molecule has 29 heavy (non-hydrogen) atoms. The average Bonchev–Trinajstić information content (AvgIpc) is 2.64. The van der Waals surface area contributed by atoms with Crippen molar-refractivity contribution in [1.29, 1.82) is 0 Å². The number of benzene rings is 2. The first-order valence-corrected chi connectivity index (χ1v) is 10.8. The molecule has 0 spiro atoms. The number of rotatable bonds is 8. The van der Waals surface area contributed by atoms with Gasteiger partial charge in [0.1, 0.15) is 11.5 Å². The first-order valence-electron chi connectivity index (χ1n) is 9.29. The van der Waals surface area contributed by atoms with Gasteiger partial charge in [-0.25, -0.2) is 13.1 Å². The van der Waals surface area contributed by atoms with E-state index in [0.29, 0.717) is 11.5 Å². The standard InChI is InChI=1S/C21H28N2O5S/c1-13(2)23-29(25,26)17-10-11-20(27-6)18(12-17)22-21(24)16(5)28-19-9-7-8-14(3)15(19)4/h7-13,16,23H,1-6H3,(H,22,24). The van der Waals surface area contributed by atoms with Crippen molar-refractivity contribution >= 4 is 21.6 Å². The van der Waals surface area contributed by atoms with Gasteiger partial charge in [-0.2, -0.15) is 0 Å². The van der Waals surface area contributed by atoms with Crippen molar-refractivity contribution in [3.8, 4) is 11.5 Å². The lowest BCUT2D eigenvalue weighted by Crippen LogP contribution is -2.31. The van der Waals surface area contributed by atoms with Crippen LogP contribution in [0.15, 0.2) is 41.3 Å². The van der Waals surface area contributed by atoms with E-state index < -0.39 is 22.0 Å². The molecule has 0 heterocycles. The van der Waals surface area contributed by atoms with E-state index in [2.05, 4.69) is 10.0 Å². The average molecular weight is 421 g/mol. The molecule has 7 nitrogen and oxygen atoms in total. The van der Waals surface area contributed by atoms with Crippen LogP contribution < -0.4 is 19.5 Å². The molecule has 0 aromatic heterocycles. The number of anilines is 1. The quantitative estimate of drug-likeness (QED) is 0.683. The van der Waals surface area contributed by atoms with E-state index in [1.165, 1.54) is 25.3 Å². The smallest absolute Gasteiger partial charge is 0.265 e. The first kappa shape index (κ1) is 22.7. The first-order chi connectivity index (χ1) is 13.5. The Labute approximate surface area is 172 Å². The van der Waals surface area contributed by atoms with Crippen LogP contribution in [-0.2, 0) is 14.8 Å². The predicted molar refractivity (Wildman–Crippen MR) is 113 cm³/mol. The van der Waals surface area contributed by atoms with E-state index in [-0.39, 0.29) is 16.6 Å². The lowest BCUT2D eigenvalue weighted by atomic mass is 10.1. The minimum Gasteiger partial charge on any atom is -0.495 e. The fourth-order valence-corrected chi connectivity index (χ4v) is 3.94. The molecule has 0 aliphatic carbocycles. The molecule has 1 unspecified atom stereocenters. The fourth-order valence-electron chi connectivity index (χ4n) is 2.66. The minimum atomic E-state index is -3.71. The Morgan fingerprint density at radius 1 is 1.03 bits per heavy atom. The second-order valence-corrected chi connectivity index (χ2v) is 8.80. The van der Waals surface area contributed by atoms with Gasteiger partial charge < -0.3 is 14.8 Å². The third kappa shape index (κ3) is 5.71. The van der Waals surface area contributed by atoms with Gasteiger partial charge in [0.25, 0.3) is 5.91 Å². The van der Waals surface area contributed by atoms with Crippen LogP contribution >= 0.6 is 0 Å². The van der Waals surface area contributed by atoms with Gasteiger partial charge in [0.15, 0.2) is 6.10 Å². The summed E-state index contributed by atoms with van der Waals surface area (Å²) in [5, 5.41) is 2.70. The summed E-state index contributed by atoms with van der Waals surface area (Å²) in [6.45, 7) is 8.99. The number of carbonyl (C=O) groups is 1. The Balaban J connectivity index is 2.24. The van der Waals surface area contributed by atoms with E-state index in [9.17, 15) is 13.2 Å². The highest BCUT2D eigenvalue weighted by Gasteiger charge is 2.21. The van der Waals surface area contributed by atoms with Crippen molar-refractivity contribution in [2.75, 3.05) is 12.4 Å². The summed E-state index contributed by atoms with van der Waals surface area (Å²) in [5.41, 5.74) is 2.27. The SMILES string of the molecule is COc1ccc(S(=O)(=O)NC(C)C)cc1NC(=O)C(C)Oc1cccc(C)c1C. The predicted octanol–water partition coefficient (Wildman–Crippen LogP) is 3.40. The molecule has 0 saturated heterocycles. The van der Waals surface area contributed by atoms with Crippen molar-refractivity contribution < 1.29 is 22.7 Å². The van der Waals surface area contributed by atoms with Crippen molar-refractivity contribution in [2.45, 2.75) is 51.7 Å². The number of nitrogens with one attached hydrogen (secondary N) is 2. The maximum Gasteiger partial charge on any atom is 0.265 e. The van der Waals surface area contributed by atoms with Gasteiger partial charge in [-0.05, 0) is 70.0 Å². The summed E-state index contributed by atoms with van der Waals surface area (Å²) in [4.78, 5) is 12.7. The van der Waals surface area contributed by atoms with Gasteiger partial charge in [-0.1, -0.05) is 12.1 Å². The van der Waals surface area contributed by atoms with Crippen LogP contribution in [-0.4, -0.2) is 33.6 Å². The number of hydrogen-bond donors (Lipinski definition) is 2. The molecule has 2 aromatic rings. The van der Waals surface area contributed by atoms with Crippen molar-refractivity contribution in [3.05, 3.63) is 47.5 Å². The van der Waals surface area contributed by atoms with Gasteiger partial charge >= 0.3 is 0 Å². The van der Waals surface area contributed by atoms with Crippen LogP contribution in [0.5, 0.6) is 11.5 Å². The Bertz CT molecular complexity index is 987. The molecule has 0 fully saturated rings. The van der Waals surface area contributed by atoms with E-state index in [0.717, 1.165) is 11.1 Å². The molecular formula is C21H28N2O5S. The zero-order chi connectivity index (χ0) is 21.8. The molecule has 0 saturated carbocycles. The Kier molecular flexibility index (Phi) is 7.26. The van der Waals surface area contributed by atoms with Gasteiger partial charge in [0.05, 0.1) is 17.7 Å². The molecule has 158 valence electrons. The number of aryl methyl sites for hydroxylation is 1. The maximum absolute atomic E-state index is 12.7. The van der Waals surface area contributed by atoms with Crippen LogP contribution in [0.4, 0.5) is 5.69 Å². The summed E-state index contributed by atoms with van der Waals surface area (Å²) in [6.07, 6.45) is -0.797. The number of ether oxygens (including phenoxy) is 2. The Morgan fingerprint density at radius 2 is 1.72 bits per heavy atom. The van der Waals surface area contributed by atoms with Crippen molar-refractivity contribution in [1.82, 2.24) is 4.72 Å². The van der Waals surface area contributed by atoms with E-state index in [1.54, 1.807) is 26.8 Å². The van der Waals surface area contributed by atoms with E-state index >= 15 is 0 Å². The van der Waals surface area contributed by atoms with Crippen molar-refractivity contribution in [2.24, 2.45) is 0 Å². The molecular weight excluding hydrogens is 392 g/mol. The monoisotopic (exact) mass is 420 g/mol. The number of carbonyl (C=O) groups excluding carboxylic acids is 1. The third-order valence-corrected chi connectivity index (χ3v) is 6.01. The molecule has 2 rings (SSSR count). The zero-order valence-corrected chi connectivity index (χ0v) is 18.4. The maximum atomic E-state index is 12.7. The van der Waals surface area contributed by atoms with E-state index in [1.807, 2.05) is 26.0 Å². The molecule has 0 aliphatic rings. The van der Waals surface area contributed by atoms with E-state index in [4.69, 9.17) is 9.47 Å². The fraction of sp³-hybridized carbons (Fsp3) is 0.381. The highest BCUT2D eigenvalue weighted by molar-refractivity contribution is 7.89. The van der Waals surface area contributed by atoms with Gasteiger partial charge in [0, 0.05) is 6.04 Å². The largest absolute Gasteiger partial charge is 0.495 e. The van der Waals surface area contributed by atoms with Crippen LogP contribution in [0.25, 0.3) is 0 Å². The summed E-state index contributed by atoms with van der Waals surface area (Å²) >= 11 is 0. The van der Waals surface area contributed by atoms with Gasteiger partial charge in [0.2, 0.25) is 10.0 Å². The van der Waals surface area contributed by atoms with Gasteiger partial charge in [-0.3, -0.25) is 4.79 Å². The third-order valence-electron chi connectivity index (χ3n) is 4.36. The summed E-state index contributed by atoms with van der Waals surface area (Å²) in [6, 6.07) is 9.67. The molecule has 0 aliphatic heterocycles. The number of hydrogen-bond acceptors (Lipinski definition) is 5. The summed E-state index contributed by atoms with van der Waals surface area (Å²) in [5.74, 6) is 0.549. The Hall–Kier alpha value is -2.58. The second kappa shape index (κ2) is 9.28. The number of methoxy groups -OCH3 is 1. The minimum absolute atomic E-state index is 0.0328. The normalized spacial score (nSPS) is 12.5. The molecule has 2 aromatic carbocycles. The second-order valence-electron chi connectivity index (χ2n) is 7.09. The zero-order valence-electron chi connectivity index (χ0n) is 17.6. The molecule has 2 N–H and O–H groups in total. The van der Waals surface area contributed by atoms with Crippen LogP contribution in [0.2, 0.25) is 0 Å². The molecule has 1 atom stereocenters. The summed E-state index contributed by atoms with van der Waals surface area (Å²) in [7, 11) is -2.26. The highest BCUT2D eigenvalue weighted by Crippen LogP contribution is 2.28. The van der Waals surface area contributed by atoms with Crippen LogP contribution in [0, 0.1) is 13.8 Å². The lowest BCUT2D eigenvalue weighted by Gasteiger charge is -2.18. The molecule has 8 heteroatoms. The number of amides is 1. The van der Waals surface area contributed by atoms with Gasteiger partial charge in [-0.15, -0.1) is 0 Å². The molecule has 1 amide bonds. The highest BCUT2D eigenvalue weighted by atomic mass is 32.2. The summed E-state index contributed by atoms with van der Waals surface area (Å²) < 4.78 is 38.4. The molecule has 0 radical (unpaired) electrons. The van der Waals surface area contributed by atoms with Crippen LogP contribution in [0.3, 0.4) is 0 Å². The lowest BCUT2D eigenvalue weighted by molar-refractivity contribution is -0.122. The molecule has 0 bridgehead atoms. The number of sulfonamides is 1. The topological polar surface area (TPSA) is 93.7 Å². The Morgan fingerprint density at radius 3 is 2.34 bits per heavy atom. The van der Waals surface area contributed by atoms with Crippen LogP contribution in [0.1, 0.15) is 31.9 Å². The van der Waals surface area contributed by atoms with Crippen molar-refractivity contribution in [3.63, 3.8) is 0 Å².